The van der Waals surface area contributed by atoms with Crippen molar-refractivity contribution >= 4 is 17.6 Å². The number of hydrogen-bond donors (Lipinski definition) is 1. The molecule has 0 aliphatic rings. The second-order valence-corrected chi connectivity index (χ2v) is 4.34. The zero-order valence-corrected chi connectivity index (χ0v) is 11.1. The molecular weight excluding hydrogens is 332 g/mol. The van der Waals surface area contributed by atoms with Crippen LogP contribution >= 0.6 is 11.6 Å². The highest BCUT2D eigenvalue weighted by molar-refractivity contribution is 6.32. The lowest BCUT2D eigenvalue weighted by molar-refractivity contribution is -0.141. The van der Waals surface area contributed by atoms with Gasteiger partial charge >= 0.3 is 12.1 Å². The number of ether oxygens (including phenoxy) is 1. The summed E-state index contributed by atoms with van der Waals surface area (Å²) in [6.45, 7) is 0. The number of aromatic carboxylic acids is 1. The second-order valence-electron chi connectivity index (χ2n) is 3.93. The third-order valence-electron chi connectivity index (χ3n) is 2.38. The van der Waals surface area contributed by atoms with E-state index in [1.165, 1.54) is 0 Å². The maximum Gasteiger partial charge on any atom is 0.435 e. The van der Waals surface area contributed by atoms with Gasteiger partial charge in [0.2, 0.25) is 0 Å². The van der Waals surface area contributed by atoms with Gasteiger partial charge in [0.15, 0.2) is 11.4 Å². The van der Waals surface area contributed by atoms with Crippen molar-refractivity contribution in [1.29, 1.82) is 0 Å². The van der Waals surface area contributed by atoms with E-state index < -0.39 is 35.1 Å². The van der Waals surface area contributed by atoms with Crippen LogP contribution in [0.25, 0.3) is 0 Å². The molecule has 0 amide bonds. The number of aromatic nitrogens is 2. The first-order valence-electron chi connectivity index (χ1n) is 5.49. The normalized spacial score (nSPS) is 11.3. The number of carboxylic acids is 1. The molecule has 10 heteroatoms. The Labute approximate surface area is 125 Å². The SMILES string of the molecule is O=C(O)c1cc(C(F)(F)F)nnc1Oc1cc(F)ccc1Cl. The van der Waals surface area contributed by atoms with Crippen LogP contribution in [0.1, 0.15) is 16.1 Å². The Bertz CT molecular complexity index is 737. The van der Waals surface area contributed by atoms with Crippen LogP contribution in [0.15, 0.2) is 24.3 Å². The molecule has 0 aliphatic heterocycles. The molecule has 5 nitrogen and oxygen atoms in total. The minimum Gasteiger partial charge on any atom is -0.477 e. The summed E-state index contributed by atoms with van der Waals surface area (Å²) in [6, 6.07) is 3.24. The fraction of sp³-hybridized carbons (Fsp3) is 0.0833. The number of benzene rings is 1. The van der Waals surface area contributed by atoms with Crippen LogP contribution in [0.2, 0.25) is 5.02 Å². The van der Waals surface area contributed by atoms with Crippen molar-refractivity contribution in [3.05, 3.63) is 46.4 Å². The number of nitrogens with zero attached hydrogens (tertiary/aromatic N) is 2. The molecule has 0 atom stereocenters. The van der Waals surface area contributed by atoms with E-state index in [1.807, 2.05) is 0 Å². The van der Waals surface area contributed by atoms with E-state index in [0.29, 0.717) is 0 Å². The molecule has 0 saturated carbocycles. The molecule has 0 radical (unpaired) electrons. The van der Waals surface area contributed by atoms with Gasteiger partial charge in [-0.25, -0.2) is 9.18 Å². The Morgan fingerprint density at radius 3 is 2.50 bits per heavy atom. The summed E-state index contributed by atoms with van der Waals surface area (Å²) in [4.78, 5) is 11.0. The predicted molar refractivity (Wildman–Crippen MR) is 65.5 cm³/mol. The van der Waals surface area contributed by atoms with Crippen LogP contribution in [-0.2, 0) is 6.18 Å². The van der Waals surface area contributed by atoms with Crippen molar-refractivity contribution in [3.8, 4) is 11.6 Å². The van der Waals surface area contributed by atoms with Crippen molar-refractivity contribution in [3.63, 3.8) is 0 Å². The third kappa shape index (κ3) is 3.42. The Morgan fingerprint density at radius 2 is 1.91 bits per heavy atom. The number of alkyl halides is 3. The van der Waals surface area contributed by atoms with E-state index in [-0.39, 0.29) is 16.8 Å². The summed E-state index contributed by atoms with van der Waals surface area (Å²) in [7, 11) is 0. The number of halogens is 5. The first kappa shape index (κ1) is 16.0. The van der Waals surface area contributed by atoms with Crippen LogP contribution in [0.5, 0.6) is 11.6 Å². The maximum absolute atomic E-state index is 13.1. The van der Waals surface area contributed by atoms with Crippen LogP contribution in [0.3, 0.4) is 0 Å². The monoisotopic (exact) mass is 336 g/mol. The molecule has 1 aromatic heterocycles. The van der Waals surface area contributed by atoms with Gasteiger partial charge in [0.25, 0.3) is 5.88 Å². The standard InChI is InChI=1S/C12H5ClF4N2O3/c13-7-2-1-5(14)3-8(7)22-10-6(11(20)21)4-9(18-19-10)12(15,16)17/h1-4H,(H,20,21). The minimum atomic E-state index is -4.87. The maximum atomic E-state index is 13.1. The average Bonchev–Trinajstić information content (AvgIpc) is 2.42. The summed E-state index contributed by atoms with van der Waals surface area (Å²) in [6.07, 6.45) is -4.87. The van der Waals surface area contributed by atoms with E-state index in [4.69, 9.17) is 21.4 Å². The fourth-order valence-corrected chi connectivity index (χ4v) is 1.56. The summed E-state index contributed by atoms with van der Waals surface area (Å²) < 4.78 is 55.5. The third-order valence-corrected chi connectivity index (χ3v) is 2.69. The molecule has 0 fully saturated rings. The highest BCUT2D eigenvalue weighted by atomic mass is 35.5. The summed E-state index contributed by atoms with van der Waals surface area (Å²) >= 11 is 5.71. The zero-order chi connectivity index (χ0) is 16.5. The molecule has 0 saturated heterocycles. The van der Waals surface area contributed by atoms with Gasteiger partial charge in [0, 0.05) is 6.07 Å². The summed E-state index contributed by atoms with van der Waals surface area (Å²) in [5.74, 6) is -3.51. The van der Waals surface area contributed by atoms with Gasteiger partial charge in [0.1, 0.15) is 11.4 Å². The van der Waals surface area contributed by atoms with E-state index in [9.17, 15) is 22.4 Å². The van der Waals surface area contributed by atoms with Crippen LogP contribution in [-0.4, -0.2) is 21.3 Å². The Kier molecular flexibility index (Phi) is 4.18. The Hall–Kier alpha value is -2.42. The number of rotatable bonds is 3. The molecule has 0 bridgehead atoms. The highest BCUT2D eigenvalue weighted by Gasteiger charge is 2.35. The quantitative estimate of drug-likeness (QED) is 0.864. The molecule has 1 aromatic carbocycles. The van der Waals surface area contributed by atoms with E-state index in [0.717, 1.165) is 18.2 Å². The predicted octanol–water partition coefficient (Wildman–Crippen LogP) is 3.78. The topological polar surface area (TPSA) is 72.3 Å². The van der Waals surface area contributed by atoms with Gasteiger partial charge in [-0.05, 0) is 18.2 Å². The molecule has 116 valence electrons. The lowest BCUT2D eigenvalue weighted by Gasteiger charge is -2.10. The largest absolute Gasteiger partial charge is 0.477 e. The lowest BCUT2D eigenvalue weighted by Crippen LogP contribution is -2.13. The van der Waals surface area contributed by atoms with E-state index >= 15 is 0 Å². The van der Waals surface area contributed by atoms with Gasteiger partial charge in [0.05, 0.1) is 5.02 Å². The molecule has 0 unspecified atom stereocenters. The molecule has 1 heterocycles. The van der Waals surface area contributed by atoms with Gasteiger partial charge in [-0.3, -0.25) is 0 Å². The van der Waals surface area contributed by atoms with Crippen molar-refractivity contribution < 1.29 is 32.2 Å². The number of carboxylic acid groups (broad SMARTS) is 1. The van der Waals surface area contributed by atoms with Crippen LogP contribution < -0.4 is 4.74 Å². The van der Waals surface area contributed by atoms with Gasteiger partial charge < -0.3 is 9.84 Å². The molecule has 2 rings (SSSR count). The van der Waals surface area contributed by atoms with Crippen LogP contribution in [0, 0.1) is 5.82 Å². The van der Waals surface area contributed by atoms with E-state index in [1.54, 1.807) is 0 Å². The first-order chi connectivity index (χ1) is 10.2. The second kappa shape index (κ2) is 5.76. The van der Waals surface area contributed by atoms with E-state index in [2.05, 4.69) is 10.2 Å². The molecular formula is C12H5ClF4N2O3. The summed E-state index contributed by atoms with van der Waals surface area (Å²) in [5.41, 5.74) is -2.38. The zero-order valence-electron chi connectivity index (χ0n) is 10.4. The molecule has 22 heavy (non-hydrogen) atoms. The highest BCUT2D eigenvalue weighted by Crippen LogP contribution is 2.33. The van der Waals surface area contributed by atoms with Crippen molar-refractivity contribution in [2.75, 3.05) is 0 Å². The molecule has 2 aromatic rings. The minimum absolute atomic E-state index is 0.0839. The molecule has 1 N–H and O–H groups in total. The summed E-state index contributed by atoms with van der Waals surface area (Å²) in [5, 5.41) is 14.8. The number of hydrogen-bond acceptors (Lipinski definition) is 4. The Balaban J connectivity index is 2.47. The van der Waals surface area contributed by atoms with Crippen LogP contribution in [0.4, 0.5) is 17.6 Å². The van der Waals surface area contributed by atoms with Crippen molar-refractivity contribution in [2.24, 2.45) is 0 Å². The molecule has 0 aliphatic carbocycles. The fourth-order valence-electron chi connectivity index (χ4n) is 1.41. The lowest BCUT2D eigenvalue weighted by atomic mass is 10.2. The molecule has 0 spiro atoms. The first-order valence-corrected chi connectivity index (χ1v) is 5.87. The van der Waals surface area contributed by atoms with Gasteiger partial charge in [-0.2, -0.15) is 13.2 Å². The van der Waals surface area contributed by atoms with Gasteiger partial charge in [-0.15, -0.1) is 10.2 Å². The van der Waals surface area contributed by atoms with Crippen molar-refractivity contribution in [2.45, 2.75) is 6.18 Å². The smallest absolute Gasteiger partial charge is 0.435 e. The Morgan fingerprint density at radius 1 is 1.23 bits per heavy atom. The van der Waals surface area contributed by atoms with Crippen molar-refractivity contribution in [1.82, 2.24) is 10.2 Å². The van der Waals surface area contributed by atoms with Gasteiger partial charge in [-0.1, -0.05) is 11.6 Å². The number of carbonyl (C=O) groups is 1. The average molecular weight is 337 g/mol.